The van der Waals surface area contributed by atoms with Crippen molar-refractivity contribution in [3.63, 3.8) is 0 Å². The third kappa shape index (κ3) is 5.46. The van der Waals surface area contributed by atoms with E-state index in [4.69, 9.17) is 4.74 Å². The molecular formula is C17H21N3O2. The van der Waals surface area contributed by atoms with Crippen LogP contribution in [0.4, 0.5) is 10.5 Å². The van der Waals surface area contributed by atoms with Crippen molar-refractivity contribution in [2.45, 2.75) is 0 Å². The van der Waals surface area contributed by atoms with Crippen LogP contribution in [0.2, 0.25) is 0 Å². The van der Waals surface area contributed by atoms with Gasteiger partial charge in [0.25, 0.3) is 0 Å². The normalized spacial score (nSPS) is 10.3. The summed E-state index contributed by atoms with van der Waals surface area (Å²) < 4.78 is 5.70. The number of ether oxygens (including phenoxy) is 1. The maximum Gasteiger partial charge on any atom is 0.319 e. The molecule has 5 heteroatoms. The van der Waals surface area contributed by atoms with Gasteiger partial charge in [0, 0.05) is 18.8 Å². The molecule has 22 heavy (non-hydrogen) atoms. The number of urea groups is 1. The van der Waals surface area contributed by atoms with Gasteiger partial charge in [0.2, 0.25) is 0 Å². The number of likely N-dealkylation sites (N-methyl/N-ethyl adjacent to an activating group) is 1. The zero-order valence-electron chi connectivity index (χ0n) is 12.9. The van der Waals surface area contributed by atoms with Crippen LogP contribution in [0.5, 0.6) is 11.5 Å². The molecule has 0 heterocycles. The van der Waals surface area contributed by atoms with Gasteiger partial charge in [0.15, 0.2) is 0 Å². The molecule has 116 valence electrons. The Balaban J connectivity index is 1.82. The second-order valence-electron chi connectivity index (χ2n) is 5.12. The van der Waals surface area contributed by atoms with E-state index >= 15 is 0 Å². The molecule has 0 unspecified atom stereocenters. The molecular weight excluding hydrogens is 278 g/mol. The minimum absolute atomic E-state index is 0.210. The van der Waals surface area contributed by atoms with E-state index in [-0.39, 0.29) is 6.03 Å². The van der Waals surface area contributed by atoms with Crippen molar-refractivity contribution in [2.24, 2.45) is 0 Å². The van der Waals surface area contributed by atoms with Gasteiger partial charge < -0.3 is 20.3 Å². The van der Waals surface area contributed by atoms with Crippen LogP contribution < -0.4 is 15.4 Å². The van der Waals surface area contributed by atoms with Gasteiger partial charge >= 0.3 is 6.03 Å². The number of benzene rings is 2. The van der Waals surface area contributed by atoms with E-state index in [9.17, 15) is 4.79 Å². The van der Waals surface area contributed by atoms with Gasteiger partial charge in [-0.3, -0.25) is 0 Å². The average molecular weight is 299 g/mol. The Morgan fingerprint density at radius 2 is 1.64 bits per heavy atom. The molecule has 0 bridgehead atoms. The first-order chi connectivity index (χ1) is 10.6. The lowest BCUT2D eigenvalue weighted by Gasteiger charge is -2.11. The van der Waals surface area contributed by atoms with Crippen molar-refractivity contribution in [2.75, 3.05) is 32.5 Å². The molecule has 2 amide bonds. The van der Waals surface area contributed by atoms with Gasteiger partial charge in [0.05, 0.1) is 0 Å². The molecule has 0 radical (unpaired) electrons. The van der Waals surface area contributed by atoms with Crippen molar-refractivity contribution in [1.29, 1.82) is 0 Å². The highest BCUT2D eigenvalue weighted by Crippen LogP contribution is 2.22. The van der Waals surface area contributed by atoms with Crippen LogP contribution in [0.15, 0.2) is 54.6 Å². The fourth-order valence-electron chi connectivity index (χ4n) is 1.80. The van der Waals surface area contributed by atoms with Crippen molar-refractivity contribution >= 4 is 11.7 Å². The van der Waals surface area contributed by atoms with E-state index in [2.05, 4.69) is 10.6 Å². The van der Waals surface area contributed by atoms with Crippen LogP contribution in [0.25, 0.3) is 0 Å². The molecule has 0 saturated carbocycles. The molecule has 0 atom stereocenters. The van der Waals surface area contributed by atoms with Crippen molar-refractivity contribution in [3.8, 4) is 11.5 Å². The molecule has 0 aromatic heterocycles. The van der Waals surface area contributed by atoms with Crippen LogP contribution >= 0.6 is 0 Å². The van der Waals surface area contributed by atoms with Gasteiger partial charge in [0.1, 0.15) is 11.5 Å². The van der Waals surface area contributed by atoms with E-state index in [0.717, 1.165) is 23.7 Å². The van der Waals surface area contributed by atoms with Crippen LogP contribution in [-0.4, -0.2) is 38.1 Å². The van der Waals surface area contributed by atoms with Crippen LogP contribution in [-0.2, 0) is 0 Å². The highest BCUT2D eigenvalue weighted by atomic mass is 16.5. The second kappa shape index (κ2) is 8.05. The van der Waals surface area contributed by atoms with Gasteiger partial charge in [-0.15, -0.1) is 0 Å². The predicted octanol–water partition coefficient (Wildman–Crippen LogP) is 3.16. The summed E-state index contributed by atoms with van der Waals surface area (Å²) in [5.74, 6) is 1.51. The molecule has 2 N–H and O–H groups in total. The summed E-state index contributed by atoms with van der Waals surface area (Å²) in [6.07, 6.45) is 0. The fraction of sp³-hybridized carbons (Fsp3) is 0.235. The van der Waals surface area contributed by atoms with Crippen LogP contribution in [0, 0.1) is 0 Å². The van der Waals surface area contributed by atoms with Gasteiger partial charge in [-0.25, -0.2) is 4.79 Å². The number of carbonyl (C=O) groups excluding carboxylic acids is 1. The number of hydrogen-bond donors (Lipinski definition) is 2. The molecule has 2 aromatic carbocycles. The smallest absolute Gasteiger partial charge is 0.319 e. The Hall–Kier alpha value is -2.53. The van der Waals surface area contributed by atoms with Crippen molar-refractivity contribution < 1.29 is 9.53 Å². The Kier molecular flexibility index (Phi) is 5.80. The van der Waals surface area contributed by atoms with E-state index in [1.807, 2.05) is 73.6 Å². The topological polar surface area (TPSA) is 53.6 Å². The van der Waals surface area contributed by atoms with E-state index < -0.39 is 0 Å². The molecule has 5 nitrogen and oxygen atoms in total. The first-order valence-corrected chi connectivity index (χ1v) is 7.16. The lowest BCUT2D eigenvalue weighted by atomic mass is 10.3. The summed E-state index contributed by atoms with van der Waals surface area (Å²) in [5, 5.41) is 5.58. The van der Waals surface area contributed by atoms with Gasteiger partial charge in [-0.2, -0.15) is 0 Å². The number of amides is 2. The van der Waals surface area contributed by atoms with Gasteiger partial charge in [-0.05, 0) is 50.5 Å². The molecule has 0 aliphatic carbocycles. The lowest BCUT2D eigenvalue weighted by molar-refractivity contribution is 0.250. The summed E-state index contributed by atoms with van der Waals surface area (Å²) in [6, 6.07) is 16.6. The molecule has 0 aliphatic heterocycles. The first-order valence-electron chi connectivity index (χ1n) is 7.16. The molecule has 0 fully saturated rings. The maximum absolute atomic E-state index is 11.7. The number of anilines is 1. The number of carbonyl (C=O) groups is 1. The minimum atomic E-state index is -0.210. The summed E-state index contributed by atoms with van der Waals surface area (Å²) in [6.45, 7) is 1.41. The Bertz CT molecular complexity index is 583. The zero-order chi connectivity index (χ0) is 15.8. The largest absolute Gasteiger partial charge is 0.457 e. The third-order valence-corrected chi connectivity index (χ3v) is 2.94. The zero-order valence-corrected chi connectivity index (χ0v) is 12.9. The quantitative estimate of drug-likeness (QED) is 0.861. The van der Waals surface area contributed by atoms with Crippen molar-refractivity contribution in [1.82, 2.24) is 10.2 Å². The number of rotatable bonds is 6. The first kappa shape index (κ1) is 15.9. The number of nitrogens with zero attached hydrogens (tertiary/aromatic N) is 1. The highest BCUT2D eigenvalue weighted by molar-refractivity contribution is 5.89. The standard InChI is InChI=1S/C17H21N3O2/c1-20(2)13-12-18-17(21)19-14-8-10-16(11-9-14)22-15-6-4-3-5-7-15/h3-11H,12-13H2,1-2H3,(H2,18,19,21). The monoisotopic (exact) mass is 299 g/mol. The van der Waals surface area contributed by atoms with E-state index in [0.29, 0.717) is 6.54 Å². The summed E-state index contributed by atoms with van der Waals surface area (Å²) in [4.78, 5) is 13.7. The Morgan fingerprint density at radius 3 is 2.27 bits per heavy atom. The minimum Gasteiger partial charge on any atom is -0.457 e. The average Bonchev–Trinajstić information content (AvgIpc) is 2.50. The number of nitrogens with one attached hydrogen (secondary N) is 2. The Labute approximate surface area is 130 Å². The number of para-hydroxylation sites is 1. The van der Waals surface area contributed by atoms with E-state index in [1.165, 1.54) is 0 Å². The predicted molar refractivity (Wildman–Crippen MR) is 88.5 cm³/mol. The highest BCUT2D eigenvalue weighted by Gasteiger charge is 2.02. The molecule has 0 spiro atoms. The Morgan fingerprint density at radius 1 is 1.00 bits per heavy atom. The van der Waals surface area contributed by atoms with Crippen LogP contribution in [0.1, 0.15) is 0 Å². The lowest BCUT2D eigenvalue weighted by Crippen LogP contribution is -2.34. The molecule has 0 saturated heterocycles. The van der Waals surface area contributed by atoms with Crippen molar-refractivity contribution in [3.05, 3.63) is 54.6 Å². The molecule has 2 aromatic rings. The summed E-state index contributed by atoms with van der Waals surface area (Å²) >= 11 is 0. The van der Waals surface area contributed by atoms with Gasteiger partial charge in [-0.1, -0.05) is 18.2 Å². The molecule has 2 rings (SSSR count). The van der Waals surface area contributed by atoms with E-state index in [1.54, 1.807) is 0 Å². The third-order valence-electron chi connectivity index (χ3n) is 2.94. The number of hydrogen-bond acceptors (Lipinski definition) is 3. The summed E-state index contributed by atoms with van der Waals surface area (Å²) in [7, 11) is 3.93. The maximum atomic E-state index is 11.7. The SMILES string of the molecule is CN(C)CCNC(=O)Nc1ccc(Oc2ccccc2)cc1. The molecule has 0 aliphatic rings. The van der Waals surface area contributed by atoms with Crippen LogP contribution in [0.3, 0.4) is 0 Å². The fourth-order valence-corrected chi connectivity index (χ4v) is 1.80. The summed E-state index contributed by atoms with van der Waals surface area (Å²) in [5.41, 5.74) is 0.725. The second-order valence-corrected chi connectivity index (χ2v) is 5.12.